The molecule has 0 aliphatic carbocycles. The molecule has 2 aromatic carbocycles. The minimum atomic E-state index is 0.486. The van der Waals surface area contributed by atoms with Crippen LogP contribution < -0.4 is 0 Å². The molecule has 0 aromatic heterocycles. The van der Waals surface area contributed by atoms with Crippen molar-refractivity contribution in [3.63, 3.8) is 0 Å². The third kappa shape index (κ3) is 7.49. The lowest BCUT2D eigenvalue weighted by Crippen LogP contribution is -1.98. The van der Waals surface area contributed by atoms with Gasteiger partial charge < -0.3 is 0 Å². The average molecular weight is 420 g/mol. The molecular formula is C30H45N. The highest BCUT2D eigenvalue weighted by Gasteiger charge is 2.13. The second-order valence-electron chi connectivity index (χ2n) is 9.94. The van der Waals surface area contributed by atoms with E-state index in [1.807, 2.05) is 13.8 Å². The first-order valence-electron chi connectivity index (χ1n) is 11.8. The standard InChI is InChI=1S/C17H25N.C13H20/c1-11(2)14(7)18-17-15(12(3)4)9-8-10-16(17)13(5)6;1-9(2)12-7-6-8-13(10(3)4)11(12)5/h8-10,12-13H,1H2,2-7H3;6-10H,1-5H3. The van der Waals surface area contributed by atoms with Crippen LogP contribution in [0.15, 0.2) is 53.5 Å². The number of hydrogen-bond donors (Lipinski definition) is 0. The highest BCUT2D eigenvalue weighted by Crippen LogP contribution is 2.35. The highest BCUT2D eigenvalue weighted by atomic mass is 14.8. The van der Waals surface area contributed by atoms with Crippen LogP contribution >= 0.6 is 0 Å². The molecular weight excluding hydrogens is 374 g/mol. The minimum Gasteiger partial charge on any atom is -0.253 e. The molecule has 0 aliphatic rings. The molecule has 2 aromatic rings. The van der Waals surface area contributed by atoms with Crippen LogP contribution in [0.4, 0.5) is 5.69 Å². The topological polar surface area (TPSA) is 12.4 Å². The zero-order chi connectivity index (χ0) is 23.9. The van der Waals surface area contributed by atoms with Crippen LogP contribution in [0.1, 0.15) is 121 Å². The molecule has 2 rings (SSSR count). The van der Waals surface area contributed by atoms with Crippen LogP contribution in [0.3, 0.4) is 0 Å². The molecule has 31 heavy (non-hydrogen) atoms. The molecule has 0 heterocycles. The fraction of sp³-hybridized carbons (Fsp3) is 0.500. The van der Waals surface area contributed by atoms with E-state index < -0.39 is 0 Å². The van der Waals surface area contributed by atoms with Crippen LogP contribution in [0, 0.1) is 6.92 Å². The van der Waals surface area contributed by atoms with Gasteiger partial charge in [-0.1, -0.05) is 98.4 Å². The quantitative estimate of drug-likeness (QED) is 0.413. The summed E-state index contributed by atoms with van der Waals surface area (Å²) in [5.41, 5.74) is 10.3. The molecule has 0 amide bonds. The van der Waals surface area contributed by atoms with Crippen LogP contribution in [0.25, 0.3) is 0 Å². The molecule has 0 radical (unpaired) electrons. The summed E-state index contributed by atoms with van der Waals surface area (Å²) in [6, 6.07) is 13.2. The van der Waals surface area contributed by atoms with E-state index in [4.69, 9.17) is 4.99 Å². The van der Waals surface area contributed by atoms with E-state index in [-0.39, 0.29) is 0 Å². The molecule has 0 saturated carbocycles. The molecule has 0 fully saturated rings. The lowest BCUT2D eigenvalue weighted by atomic mass is 9.90. The molecule has 0 N–H and O–H groups in total. The third-order valence-electron chi connectivity index (χ3n) is 5.90. The molecule has 0 spiro atoms. The Kier molecular flexibility index (Phi) is 10.4. The Hall–Kier alpha value is -2.15. The van der Waals surface area contributed by atoms with Crippen molar-refractivity contribution in [3.05, 3.63) is 76.4 Å². The summed E-state index contributed by atoms with van der Waals surface area (Å²) < 4.78 is 0. The largest absolute Gasteiger partial charge is 0.253 e. The third-order valence-corrected chi connectivity index (χ3v) is 5.90. The van der Waals surface area contributed by atoms with Gasteiger partial charge in [0, 0.05) is 5.71 Å². The van der Waals surface area contributed by atoms with E-state index in [9.17, 15) is 0 Å². The van der Waals surface area contributed by atoms with Crippen molar-refractivity contribution < 1.29 is 0 Å². The maximum absolute atomic E-state index is 4.82. The number of hydrogen-bond acceptors (Lipinski definition) is 1. The Morgan fingerprint density at radius 1 is 0.645 bits per heavy atom. The fourth-order valence-electron chi connectivity index (χ4n) is 3.83. The fourth-order valence-corrected chi connectivity index (χ4v) is 3.83. The monoisotopic (exact) mass is 419 g/mol. The second kappa shape index (κ2) is 12.0. The van der Waals surface area contributed by atoms with Gasteiger partial charge in [0.25, 0.3) is 0 Å². The first-order valence-corrected chi connectivity index (χ1v) is 11.8. The van der Waals surface area contributed by atoms with Gasteiger partial charge in [-0.05, 0) is 77.8 Å². The van der Waals surface area contributed by atoms with Crippen LogP contribution in [-0.2, 0) is 0 Å². The molecule has 1 nitrogen and oxygen atoms in total. The van der Waals surface area contributed by atoms with E-state index >= 15 is 0 Å². The van der Waals surface area contributed by atoms with E-state index in [2.05, 4.69) is 105 Å². The lowest BCUT2D eigenvalue weighted by molar-refractivity contribution is 0.817. The normalized spacial score (nSPS) is 11.9. The molecule has 170 valence electrons. The Balaban J connectivity index is 0.000000327. The van der Waals surface area contributed by atoms with Gasteiger partial charge in [-0.2, -0.15) is 0 Å². The summed E-state index contributed by atoms with van der Waals surface area (Å²) in [7, 11) is 0. The van der Waals surface area contributed by atoms with Crippen LogP contribution in [0.5, 0.6) is 0 Å². The van der Waals surface area contributed by atoms with Crippen molar-refractivity contribution in [2.24, 2.45) is 4.99 Å². The minimum absolute atomic E-state index is 0.486. The van der Waals surface area contributed by atoms with Gasteiger partial charge in [-0.25, -0.2) is 0 Å². The van der Waals surface area contributed by atoms with E-state index in [1.54, 1.807) is 0 Å². The van der Waals surface area contributed by atoms with Gasteiger partial charge in [0.1, 0.15) is 0 Å². The first kappa shape index (κ1) is 26.9. The Labute approximate surface area is 192 Å². The van der Waals surface area contributed by atoms with Gasteiger partial charge in [-0.15, -0.1) is 0 Å². The zero-order valence-corrected chi connectivity index (χ0v) is 21.9. The number of nitrogens with zero attached hydrogens (tertiary/aromatic N) is 1. The summed E-state index contributed by atoms with van der Waals surface area (Å²) in [5, 5.41) is 0. The predicted octanol–water partition coefficient (Wildman–Crippen LogP) is 9.84. The summed E-state index contributed by atoms with van der Waals surface area (Å²) in [4.78, 5) is 4.82. The Bertz CT molecular complexity index is 842. The number of aliphatic imine (C=N–C) groups is 1. The van der Waals surface area contributed by atoms with Gasteiger partial charge in [-0.3, -0.25) is 4.99 Å². The smallest absolute Gasteiger partial charge is 0.0702 e. The summed E-state index contributed by atoms with van der Waals surface area (Å²) in [5.74, 6) is 2.25. The number of para-hydroxylation sites is 1. The van der Waals surface area contributed by atoms with Crippen LogP contribution in [-0.4, -0.2) is 5.71 Å². The van der Waals surface area contributed by atoms with E-state index in [0.29, 0.717) is 23.7 Å². The van der Waals surface area contributed by atoms with E-state index in [0.717, 1.165) is 17.0 Å². The average Bonchev–Trinajstić information content (AvgIpc) is 2.67. The zero-order valence-electron chi connectivity index (χ0n) is 21.9. The second-order valence-corrected chi connectivity index (χ2v) is 9.94. The molecule has 0 aliphatic heterocycles. The lowest BCUT2D eigenvalue weighted by Gasteiger charge is -2.17. The maximum atomic E-state index is 4.82. The van der Waals surface area contributed by atoms with Gasteiger partial charge >= 0.3 is 0 Å². The number of rotatable bonds is 6. The number of allylic oxidation sites excluding steroid dienone is 1. The van der Waals surface area contributed by atoms with Crippen molar-refractivity contribution in [2.75, 3.05) is 0 Å². The molecule has 0 bridgehead atoms. The molecule has 1 heteroatoms. The summed E-state index contributed by atoms with van der Waals surface area (Å²) >= 11 is 0. The predicted molar refractivity (Wildman–Crippen MR) is 142 cm³/mol. The summed E-state index contributed by atoms with van der Waals surface area (Å²) in [6.07, 6.45) is 0. The Morgan fingerprint density at radius 3 is 1.26 bits per heavy atom. The van der Waals surface area contributed by atoms with E-state index in [1.165, 1.54) is 27.8 Å². The van der Waals surface area contributed by atoms with Gasteiger partial charge in [0.05, 0.1) is 5.69 Å². The number of benzene rings is 2. The van der Waals surface area contributed by atoms with Crippen molar-refractivity contribution in [1.82, 2.24) is 0 Å². The van der Waals surface area contributed by atoms with Crippen molar-refractivity contribution in [2.45, 2.75) is 99.8 Å². The molecule has 0 unspecified atom stereocenters. The first-order chi connectivity index (χ1) is 14.4. The van der Waals surface area contributed by atoms with Crippen LogP contribution in [0.2, 0.25) is 0 Å². The highest BCUT2D eigenvalue weighted by molar-refractivity contribution is 5.99. The Morgan fingerprint density at radius 2 is 0.968 bits per heavy atom. The molecule has 0 saturated heterocycles. The molecule has 0 atom stereocenters. The van der Waals surface area contributed by atoms with Gasteiger partial charge in [0.15, 0.2) is 0 Å². The van der Waals surface area contributed by atoms with Crippen molar-refractivity contribution in [1.29, 1.82) is 0 Å². The SMILES string of the molecule is C=C(C)C(C)=Nc1c(C(C)C)cccc1C(C)C.Cc1c(C(C)C)cccc1C(C)C. The van der Waals surface area contributed by atoms with Gasteiger partial charge in [0.2, 0.25) is 0 Å². The maximum Gasteiger partial charge on any atom is 0.0702 e. The summed E-state index contributed by atoms with van der Waals surface area (Å²) in [6.45, 7) is 28.1. The van der Waals surface area contributed by atoms with Crippen molar-refractivity contribution in [3.8, 4) is 0 Å². The van der Waals surface area contributed by atoms with Crippen molar-refractivity contribution >= 4 is 11.4 Å².